The summed E-state index contributed by atoms with van der Waals surface area (Å²) in [6, 6.07) is 11.2. The van der Waals surface area contributed by atoms with Crippen LogP contribution in [0.4, 0.5) is 21.0 Å². The molecule has 0 bridgehead atoms. The molecule has 0 aliphatic carbocycles. The second-order valence-corrected chi connectivity index (χ2v) is 40.7. The second kappa shape index (κ2) is 34.3. The lowest BCUT2D eigenvalue weighted by atomic mass is 10.0. The number of methoxy groups -OCH3 is 2. The summed E-state index contributed by atoms with van der Waals surface area (Å²) in [5.74, 6) is 0.266. The molecular weight excluding hydrogens is 1350 g/mol. The molecule has 0 saturated heterocycles. The number of nitrogens with zero attached hydrogens (tertiary/aromatic N) is 7. The highest BCUT2D eigenvalue weighted by molar-refractivity contribution is 6.74. The molecule has 4 aliphatic heterocycles. The van der Waals surface area contributed by atoms with Crippen molar-refractivity contribution in [3.63, 3.8) is 0 Å². The first-order valence-corrected chi connectivity index (χ1v) is 41.1. The van der Waals surface area contributed by atoms with Gasteiger partial charge in [0.1, 0.15) is 30.1 Å². The van der Waals surface area contributed by atoms with E-state index in [1.165, 1.54) is 24.0 Å². The largest absolute Gasteiger partial charge is 0.493 e. The number of rotatable bonds is 33. The molecule has 28 heteroatoms. The Kier molecular flexibility index (Phi) is 27.1. The molecule has 4 aliphatic rings. The van der Waals surface area contributed by atoms with Gasteiger partial charge < -0.3 is 81.2 Å². The Bertz CT molecular complexity index is 3420. The zero-order chi connectivity index (χ0) is 74.7. The highest BCUT2D eigenvalue weighted by atomic mass is 28.4. The molecule has 102 heavy (non-hydrogen) atoms. The van der Waals surface area contributed by atoms with Gasteiger partial charge in [-0.2, -0.15) is 0 Å². The fourth-order valence-corrected chi connectivity index (χ4v) is 13.9. The molecule has 26 nitrogen and oxygen atoms in total. The molecule has 0 spiro atoms. The van der Waals surface area contributed by atoms with Crippen molar-refractivity contribution in [2.75, 3.05) is 110 Å². The second-order valence-electron chi connectivity index (χ2n) is 31.1. The Morgan fingerprint density at radius 3 is 1.25 bits per heavy atom. The first-order chi connectivity index (χ1) is 47.9. The minimum Gasteiger partial charge on any atom is -0.493 e. The van der Waals surface area contributed by atoms with Crippen LogP contribution >= 0.6 is 0 Å². The number of carbonyl (C=O) groups excluding carboxylic acids is 4. The van der Waals surface area contributed by atoms with Gasteiger partial charge in [-0.25, -0.2) is 24.1 Å². The van der Waals surface area contributed by atoms with Crippen LogP contribution < -0.4 is 34.5 Å². The van der Waals surface area contributed by atoms with Crippen LogP contribution in [0.3, 0.4) is 0 Å². The van der Waals surface area contributed by atoms with Crippen molar-refractivity contribution in [3.05, 3.63) is 94.5 Å². The van der Waals surface area contributed by atoms with Crippen molar-refractivity contribution in [3.8, 4) is 34.3 Å². The minimum atomic E-state index is -2.68. The van der Waals surface area contributed by atoms with E-state index in [9.17, 15) is 9.59 Å². The SMILES string of the molecule is COc1cc2c(cc1OCc1cc(COc3cc4c(cc3OC)C(=O)N3C=C(C)C[C@H]3C(O[Si](C)(C)C(C)(C)C)N4C(=O)OC(C)(C)C)cc(-c3cn(CCOCCOCCOCCOCCOCCOCCN)nn3)c1)N(C(=O)OC(C)(C)C)C(O[Si](C)(C)C(C)(C)C)[C@@H]1CC(C)=CN1C2=O. The van der Waals surface area contributed by atoms with E-state index in [1.807, 2.05) is 50.6 Å². The summed E-state index contributed by atoms with van der Waals surface area (Å²) in [5.41, 5.74) is 8.89. The highest BCUT2D eigenvalue weighted by Crippen LogP contribution is 2.49. The number of benzene rings is 3. The number of hydrogen-bond acceptors (Lipinski definition) is 21. The predicted octanol–water partition coefficient (Wildman–Crippen LogP) is 12.6. The van der Waals surface area contributed by atoms with Gasteiger partial charge in [-0.05, 0) is 146 Å². The smallest absolute Gasteiger partial charge is 0.417 e. The standard InChI is InChI=1S/C74H112N8O18Si2/c1-49-35-59-67(99-101(17,18)73(9,10)11)81(69(85)97-71(3,4)5)57-42-63(61(87-15)40-54(57)65(83)79(59)44-49)95-47-51-37-52(39-53(38-51)56-46-78(77-76-56)22-24-90-26-28-92-30-32-94-34-33-93-31-29-91-27-25-89-23-21-75)48-96-64-43-58-55(41-62(64)88-16)66(84)80-45-50(2)36-60(80)68(100-102(19,20)74(12,13)14)82(58)70(86)98-72(6,7)8/h37-46,59-60,67-68H,21-36,47-48,75H2,1-20H3/t59-,60-,67?,68?/m0/s1. The summed E-state index contributed by atoms with van der Waals surface area (Å²) in [5, 5.41) is 8.55. The summed E-state index contributed by atoms with van der Waals surface area (Å²) in [7, 11) is -2.38. The van der Waals surface area contributed by atoms with Crippen molar-refractivity contribution >= 4 is 52.0 Å². The van der Waals surface area contributed by atoms with E-state index >= 15 is 9.59 Å². The van der Waals surface area contributed by atoms with Gasteiger partial charge >= 0.3 is 12.2 Å². The van der Waals surface area contributed by atoms with E-state index in [4.69, 9.17) is 71.4 Å². The topological polar surface area (TPSA) is 267 Å². The fraction of sp³-hybridized carbons (Fsp3) is 0.622. The summed E-state index contributed by atoms with van der Waals surface area (Å²) < 4.78 is 87.9. The van der Waals surface area contributed by atoms with Crippen molar-refractivity contribution in [1.82, 2.24) is 24.8 Å². The molecule has 4 atom stereocenters. The molecule has 8 rings (SSSR count). The van der Waals surface area contributed by atoms with Gasteiger partial charge in [0.2, 0.25) is 0 Å². The maximum absolute atomic E-state index is 15.0. The Labute approximate surface area is 604 Å². The molecule has 2 N–H and O–H groups in total. The van der Waals surface area contributed by atoms with Gasteiger partial charge in [0.25, 0.3) is 11.8 Å². The van der Waals surface area contributed by atoms with E-state index in [2.05, 4.69) is 78.0 Å². The van der Waals surface area contributed by atoms with Crippen molar-refractivity contribution in [2.24, 2.45) is 5.73 Å². The number of hydrogen-bond donors (Lipinski definition) is 1. The van der Waals surface area contributed by atoms with E-state index in [0.29, 0.717) is 128 Å². The Hall–Kier alpha value is -6.97. The first-order valence-electron chi connectivity index (χ1n) is 35.2. The maximum atomic E-state index is 15.0. The lowest BCUT2D eigenvalue weighted by molar-refractivity contribution is -0.0167. The first kappa shape index (κ1) is 80.7. The number of amides is 4. The van der Waals surface area contributed by atoms with Crippen molar-refractivity contribution in [2.45, 2.75) is 202 Å². The quantitative estimate of drug-likeness (QED) is 0.0343. The van der Waals surface area contributed by atoms with Gasteiger partial charge in [-0.15, -0.1) is 5.10 Å². The normalized spacial score (nSPS) is 18.1. The number of fused-ring (bicyclic) bond motifs is 4. The minimum absolute atomic E-state index is 0.0682. The van der Waals surface area contributed by atoms with Gasteiger partial charge in [0.05, 0.1) is 141 Å². The van der Waals surface area contributed by atoms with Crippen LogP contribution in [0, 0.1) is 0 Å². The van der Waals surface area contributed by atoms with E-state index in [-0.39, 0.29) is 80.6 Å². The van der Waals surface area contributed by atoms with Crippen LogP contribution in [-0.4, -0.2) is 201 Å². The molecule has 0 fully saturated rings. The van der Waals surface area contributed by atoms with Gasteiger partial charge in [-0.3, -0.25) is 9.59 Å². The van der Waals surface area contributed by atoms with Gasteiger partial charge in [0.15, 0.2) is 52.1 Å². The Morgan fingerprint density at radius 1 is 0.520 bits per heavy atom. The molecule has 4 aromatic rings. The lowest BCUT2D eigenvalue weighted by Gasteiger charge is -2.44. The van der Waals surface area contributed by atoms with Crippen molar-refractivity contribution < 1.29 is 84.9 Å². The number of nitrogens with two attached hydrogens (primary N) is 1. The monoisotopic (exact) mass is 1460 g/mol. The molecule has 5 heterocycles. The van der Waals surface area contributed by atoms with Gasteiger partial charge in [-0.1, -0.05) is 57.9 Å². The molecule has 2 unspecified atom stereocenters. The number of anilines is 2. The highest BCUT2D eigenvalue weighted by Gasteiger charge is 2.53. The molecule has 4 amide bonds. The third kappa shape index (κ3) is 20.7. The Balaban J connectivity index is 1.09. The summed E-state index contributed by atoms with van der Waals surface area (Å²) in [6.07, 6.45) is 3.14. The zero-order valence-corrected chi connectivity index (χ0v) is 65.9. The molecule has 1 aromatic heterocycles. The molecular formula is C74H112N8O18Si2. The average molecular weight is 1460 g/mol. The van der Waals surface area contributed by atoms with E-state index in [0.717, 1.165) is 11.1 Å². The third-order valence-corrected chi connectivity index (χ3v) is 27.4. The van der Waals surface area contributed by atoms with E-state index in [1.54, 1.807) is 80.3 Å². The molecule has 3 aromatic carbocycles. The van der Waals surface area contributed by atoms with Gasteiger partial charge in [0, 0.05) is 36.6 Å². The Morgan fingerprint density at radius 2 is 0.892 bits per heavy atom. The zero-order valence-electron chi connectivity index (χ0n) is 63.9. The fourth-order valence-electron chi connectivity index (χ4n) is 11.4. The van der Waals surface area contributed by atoms with Crippen LogP contribution in [0.5, 0.6) is 23.0 Å². The van der Waals surface area contributed by atoms with Crippen LogP contribution in [0.25, 0.3) is 11.3 Å². The molecule has 0 saturated carbocycles. The summed E-state index contributed by atoms with van der Waals surface area (Å²) in [6.45, 7) is 41.9. The van der Waals surface area contributed by atoms with Crippen LogP contribution in [0.15, 0.2) is 72.2 Å². The number of ether oxygens (including phenoxy) is 12. The summed E-state index contributed by atoms with van der Waals surface area (Å²) >= 11 is 0. The lowest BCUT2D eigenvalue weighted by Crippen LogP contribution is -2.58. The van der Waals surface area contributed by atoms with Crippen molar-refractivity contribution in [1.29, 1.82) is 0 Å². The maximum Gasteiger partial charge on any atom is 0.417 e. The number of aromatic nitrogens is 3. The summed E-state index contributed by atoms with van der Waals surface area (Å²) in [4.78, 5) is 66.3. The van der Waals surface area contributed by atoms with Crippen LogP contribution in [-0.2, 0) is 66.5 Å². The average Bonchev–Trinajstić information content (AvgIpc) is 1.56. The molecule has 0 radical (unpaired) electrons. The van der Waals surface area contributed by atoms with Crippen LogP contribution in [0.2, 0.25) is 36.3 Å². The predicted molar refractivity (Wildman–Crippen MR) is 392 cm³/mol. The molecule has 564 valence electrons. The number of carbonyl (C=O) groups is 4. The third-order valence-electron chi connectivity index (χ3n) is 18.6. The van der Waals surface area contributed by atoms with Crippen LogP contribution in [0.1, 0.15) is 142 Å². The van der Waals surface area contributed by atoms with E-state index < -0.39 is 64.6 Å².